The second-order valence-electron chi connectivity index (χ2n) is 2.67. The lowest BCUT2D eigenvalue weighted by molar-refractivity contribution is 0.103. The quantitative estimate of drug-likeness (QED) is 0.922. The first kappa shape index (κ1) is 10.3. The average Bonchev–Trinajstić information content (AvgIpc) is 2.66. The second-order valence-corrected chi connectivity index (χ2v) is 5.13. The Labute approximate surface area is 98.5 Å². The molecule has 15 heavy (non-hydrogen) atoms. The van der Waals surface area contributed by atoms with Crippen molar-refractivity contribution < 1.29 is 4.79 Å². The molecule has 0 aliphatic rings. The van der Waals surface area contributed by atoms with Crippen LogP contribution in [0.15, 0.2) is 34.2 Å². The smallest absolute Gasteiger partial charge is 0.266 e. The lowest BCUT2D eigenvalue weighted by atomic mass is 10.4. The number of carbonyl (C=O) groups is 1. The van der Waals surface area contributed by atoms with Crippen LogP contribution in [0.4, 0.5) is 5.82 Å². The minimum absolute atomic E-state index is 0.175. The largest absolute Gasteiger partial charge is 0.304 e. The summed E-state index contributed by atoms with van der Waals surface area (Å²) in [5.41, 5.74) is 0. The van der Waals surface area contributed by atoms with Crippen LogP contribution in [-0.2, 0) is 0 Å². The van der Waals surface area contributed by atoms with Crippen LogP contribution in [0.5, 0.6) is 0 Å². The second kappa shape index (κ2) is 4.50. The van der Waals surface area contributed by atoms with Gasteiger partial charge in [0.1, 0.15) is 0 Å². The minimum atomic E-state index is -0.175. The van der Waals surface area contributed by atoms with E-state index in [1.165, 1.54) is 11.3 Å². The van der Waals surface area contributed by atoms with Gasteiger partial charge in [-0.25, -0.2) is 0 Å². The Morgan fingerprint density at radius 2 is 2.27 bits per heavy atom. The summed E-state index contributed by atoms with van der Waals surface area (Å²) in [5, 5.41) is 10.1. The van der Waals surface area contributed by atoms with Crippen LogP contribution >= 0.6 is 27.3 Å². The summed E-state index contributed by atoms with van der Waals surface area (Å²) >= 11 is 4.67. The van der Waals surface area contributed by atoms with Gasteiger partial charge in [0, 0.05) is 6.20 Å². The van der Waals surface area contributed by atoms with Gasteiger partial charge in [-0.15, -0.1) is 16.4 Å². The average molecular weight is 284 g/mol. The van der Waals surface area contributed by atoms with E-state index in [4.69, 9.17) is 0 Å². The van der Waals surface area contributed by atoms with Gasteiger partial charge in [0.25, 0.3) is 5.91 Å². The SMILES string of the molecule is O=C(Nc1cccnn1)c1ccc(Br)s1. The molecule has 0 aromatic carbocycles. The van der Waals surface area contributed by atoms with Crippen molar-refractivity contribution in [3.63, 3.8) is 0 Å². The van der Waals surface area contributed by atoms with Crippen molar-refractivity contribution in [2.45, 2.75) is 0 Å². The van der Waals surface area contributed by atoms with E-state index in [0.717, 1.165) is 3.79 Å². The van der Waals surface area contributed by atoms with Crippen LogP contribution in [0.25, 0.3) is 0 Å². The predicted molar refractivity (Wildman–Crippen MR) is 62.0 cm³/mol. The van der Waals surface area contributed by atoms with Gasteiger partial charge in [-0.1, -0.05) is 0 Å². The molecule has 1 amide bonds. The van der Waals surface area contributed by atoms with Gasteiger partial charge < -0.3 is 5.32 Å². The molecule has 0 saturated heterocycles. The molecule has 0 fully saturated rings. The van der Waals surface area contributed by atoms with Crippen LogP contribution in [0.2, 0.25) is 0 Å². The van der Waals surface area contributed by atoms with E-state index in [0.29, 0.717) is 10.7 Å². The first-order chi connectivity index (χ1) is 7.25. The Morgan fingerprint density at radius 3 is 2.87 bits per heavy atom. The number of hydrogen-bond donors (Lipinski definition) is 1. The number of anilines is 1. The monoisotopic (exact) mass is 283 g/mol. The van der Waals surface area contributed by atoms with Crippen LogP contribution in [0.3, 0.4) is 0 Å². The summed E-state index contributed by atoms with van der Waals surface area (Å²) in [7, 11) is 0. The van der Waals surface area contributed by atoms with E-state index in [2.05, 4.69) is 31.4 Å². The van der Waals surface area contributed by atoms with Crippen molar-refractivity contribution in [2.24, 2.45) is 0 Å². The van der Waals surface area contributed by atoms with Gasteiger partial charge in [0.15, 0.2) is 5.82 Å². The third kappa shape index (κ3) is 2.60. The van der Waals surface area contributed by atoms with E-state index in [1.54, 1.807) is 24.4 Å². The van der Waals surface area contributed by atoms with Gasteiger partial charge in [0.2, 0.25) is 0 Å². The molecule has 0 radical (unpaired) electrons. The van der Waals surface area contributed by atoms with Gasteiger partial charge in [0.05, 0.1) is 8.66 Å². The van der Waals surface area contributed by atoms with E-state index in [1.807, 2.05) is 6.07 Å². The summed E-state index contributed by atoms with van der Waals surface area (Å²) < 4.78 is 0.923. The van der Waals surface area contributed by atoms with Crippen molar-refractivity contribution in [2.75, 3.05) is 5.32 Å². The topological polar surface area (TPSA) is 54.9 Å². The number of hydrogen-bond acceptors (Lipinski definition) is 4. The van der Waals surface area contributed by atoms with E-state index in [9.17, 15) is 4.79 Å². The number of carbonyl (C=O) groups excluding carboxylic acids is 1. The summed E-state index contributed by atoms with van der Waals surface area (Å²) in [5.74, 6) is 0.276. The highest BCUT2D eigenvalue weighted by molar-refractivity contribution is 9.11. The normalized spacial score (nSPS) is 9.93. The molecular weight excluding hydrogens is 278 g/mol. The maximum atomic E-state index is 11.6. The first-order valence-electron chi connectivity index (χ1n) is 4.10. The maximum absolute atomic E-state index is 11.6. The molecule has 2 aromatic heterocycles. The molecule has 1 N–H and O–H groups in total. The Bertz CT molecular complexity index is 471. The third-order valence-electron chi connectivity index (χ3n) is 1.61. The number of nitrogens with zero attached hydrogens (tertiary/aromatic N) is 2. The highest BCUT2D eigenvalue weighted by atomic mass is 79.9. The van der Waals surface area contributed by atoms with Crippen molar-refractivity contribution in [1.82, 2.24) is 10.2 Å². The molecule has 0 saturated carbocycles. The van der Waals surface area contributed by atoms with E-state index < -0.39 is 0 Å². The molecule has 0 aliphatic heterocycles. The molecule has 76 valence electrons. The number of nitrogens with one attached hydrogen (secondary N) is 1. The highest BCUT2D eigenvalue weighted by Gasteiger charge is 2.08. The molecule has 2 aromatic rings. The molecule has 0 aliphatic carbocycles. The van der Waals surface area contributed by atoms with Crippen molar-refractivity contribution in [3.05, 3.63) is 39.1 Å². The zero-order valence-electron chi connectivity index (χ0n) is 7.48. The Kier molecular flexibility index (Phi) is 3.08. The molecule has 4 nitrogen and oxygen atoms in total. The number of halogens is 1. The maximum Gasteiger partial charge on any atom is 0.266 e. The molecular formula is C9H6BrN3OS. The number of aromatic nitrogens is 2. The summed E-state index contributed by atoms with van der Waals surface area (Å²) in [6.07, 6.45) is 1.55. The van der Waals surface area contributed by atoms with Crippen molar-refractivity contribution in [3.8, 4) is 0 Å². The zero-order valence-corrected chi connectivity index (χ0v) is 9.88. The fourth-order valence-corrected chi connectivity index (χ4v) is 2.26. The lowest BCUT2D eigenvalue weighted by Gasteiger charge is -1.99. The van der Waals surface area contributed by atoms with Gasteiger partial charge in [-0.05, 0) is 40.2 Å². The zero-order chi connectivity index (χ0) is 10.7. The molecule has 0 spiro atoms. The minimum Gasteiger partial charge on any atom is -0.304 e. The molecule has 0 bridgehead atoms. The highest BCUT2D eigenvalue weighted by Crippen LogP contribution is 2.22. The summed E-state index contributed by atoms with van der Waals surface area (Å²) in [6, 6.07) is 6.98. The Hall–Kier alpha value is -1.27. The number of thiophene rings is 1. The van der Waals surface area contributed by atoms with Crippen LogP contribution in [0, 0.1) is 0 Å². The number of amides is 1. The molecule has 2 heterocycles. The van der Waals surface area contributed by atoms with Crippen LogP contribution in [-0.4, -0.2) is 16.1 Å². The molecule has 2 rings (SSSR count). The first-order valence-corrected chi connectivity index (χ1v) is 5.71. The predicted octanol–water partition coefficient (Wildman–Crippen LogP) is 2.55. The molecule has 0 unspecified atom stereocenters. The van der Waals surface area contributed by atoms with Gasteiger partial charge in [-0.2, -0.15) is 5.10 Å². The number of rotatable bonds is 2. The third-order valence-corrected chi connectivity index (χ3v) is 3.23. The fraction of sp³-hybridized carbons (Fsp3) is 0. The van der Waals surface area contributed by atoms with Crippen LogP contribution < -0.4 is 5.32 Å². The fourth-order valence-electron chi connectivity index (χ4n) is 0.982. The summed E-state index contributed by atoms with van der Waals surface area (Å²) in [4.78, 5) is 12.3. The summed E-state index contributed by atoms with van der Waals surface area (Å²) in [6.45, 7) is 0. The Morgan fingerprint density at radius 1 is 1.40 bits per heavy atom. The standard InChI is InChI=1S/C9H6BrN3OS/c10-7-4-3-6(15-7)9(14)12-8-2-1-5-11-13-8/h1-5H,(H,12,13,14). The van der Waals surface area contributed by atoms with E-state index >= 15 is 0 Å². The Balaban J connectivity index is 2.11. The van der Waals surface area contributed by atoms with Crippen molar-refractivity contribution >= 4 is 39.0 Å². The van der Waals surface area contributed by atoms with E-state index in [-0.39, 0.29) is 5.91 Å². The lowest BCUT2D eigenvalue weighted by Crippen LogP contribution is -2.11. The van der Waals surface area contributed by atoms with Crippen LogP contribution in [0.1, 0.15) is 9.67 Å². The van der Waals surface area contributed by atoms with Crippen molar-refractivity contribution in [1.29, 1.82) is 0 Å². The molecule has 6 heteroatoms. The van der Waals surface area contributed by atoms with Gasteiger partial charge >= 0.3 is 0 Å². The molecule has 0 atom stereocenters. The van der Waals surface area contributed by atoms with Gasteiger partial charge in [-0.3, -0.25) is 4.79 Å².